The van der Waals surface area contributed by atoms with E-state index >= 15 is 0 Å². The lowest BCUT2D eigenvalue weighted by Gasteiger charge is -2.07. The third kappa shape index (κ3) is 4.54. The van der Waals surface area contributed by atoms with Crippen LogP contribution in [0, 0.1) is 6.92 Å². The predicted octanol–water partition coefficient (Wildman–Crippen LogP) is 4.90. The molecule has 4 nitrogen and oxygen atoms in total. The lowest BCUT2D eigenvalue weighted by molar-refractivity contribution is -0.111. The van der Waals surface area contributed by atoms with Crippen LogP contribution in [0.1, 0.15) is 10.7 Å². The lowest BCUT2D eigenvalue weighted by Crippen LogP contribution is -2.07. The molecular weight excluding hydrogens is 320 g/mol. The minimum absolute atomic E-state index is 0.211. The number of benzene rings is 2. The first-order valence-electron chi connectivity index (χ1n) is 7.43. The third-order valence-corrected chi connectivity index (χ3v) is 3.91. The molecule has 0 spiro atoms. The molecule has 0 aliphatic carbocycles. The van der Waals surface area contributed by atoms with E-state index in [1.54, 1.807) is 23.5 Å². The molecule has 1 heterocycles. The Hall–Kier alpha value is -2.92. The highest BCUT2D eigenvalue weighted by atomic mass is 32.1. The molecule has 5 heteroatoms. The topological polar surface area (TPSA) is 51.2 Å². The van der Waals surface area contributed by atoms with Crippen LogP contribution in [0.4, 0.5) is 5.69 Å². The zero-order valence-electron chi connectivity index (χ0n) is 13.1. The molecule has 3 aromatic rings. The van der Waals surface area contributed by atoms with Gasteiger partial charge in [-0.25, -0.2) is 4.98 Å². The van der Waals surface area contributed by atoms with Gasteiger partial charge in [-0.15, -0.1) is 11.3 Å². The molecule has 0 aliphatic rings. The fourth-order valence-corrected chi connectivity index (χ4v) is 2.64. The van der Waals surface area contributed by atoms with Gasteiger partial charge in [0.1, 0.15) is 11.5 Å². The second kappa shape index (κ2) is 7.57. The SMILES string of the molecule is Cc1nc(/C=C/C(=O)Nc2cccc(Oc3ccccc3)c2)cs1. The molecule has 0 fully saturated rings. The van der Waals surface area contributed by atoms with E-state index < -0.39 is 0 Å². The molecule has 1 amide bonds. The van der Waals surface area contributed by atoms with Crippen LogP contribution >= 0.6 is 11.3 Å². The van der Waals surface area contributed by atoms with Crippen LogP contribution in [0.2, 0.25) is 0 Å². The second-order valence-corrected chi connectivity index (χ2v) is 6.12. The number of hydrogen-bond acceptors (Lipinski definition) is 4. The number of nitrogens with one attached hydrogen (secondary N) is 1. The first-order valence-corrected chi connectivity index (χ1v) is 8.31. The van der Waals surface area contributed by atoms with Gasteiger partial charge in [-0.2, -0.15) is 0 Å². The van der Waals surface area contributed by atoms with Crippen molar-refractivity contribution in [3.8, 4) is 11.5 Å². The summed E-state index contributed by atoms with van der Waals surface area (Å²) in [4.78, 5) is 16.3. The Labute approximate surface area is 144 Å². The standard InChI is InChI=1S/C19H16N2O2S/c1-14-20-16(13-24-14)10-11-19(22)21-15-6-5-9-18(12-15)23-17-7-3-2-4-8-17/h2-13H,1H3,(H,21,22)/b11-10+. The summed E-state index contributed by atoms with van der Waals surface area (Å²) in [6.07, 6.45) is 3.17. The first-order chi connectivity index (χ1) is 11.7. The van der Waals surface area contributed by atoms with Gasteiger partial charge in [-0.1, -0.05) is 24.3 Å². The molecule has 120 valence electrons. The summed E-state index contributed by atoms with van der Waals surface area (Å²) in [6.45, 7) is 1.93. The Balaban J connectivity index is 1.63. The summed E-state index contributed by atoms with van der Waals surface area (Å²) in [5.74, 6) is 1.20. The molecule has 0 radical (unpaired) electrons. The zero-order chi connectivity index (χ0) is 16.8. The van der Waals surface area contributed by atoms with Crippen molar-refractivity contribution in [2.24, 2.45) is 0 Å². The van der Waals surface area contributed by atoms with Gasteiger partial charge in [0, 0.05) is 23.2 Å². The number of aryl methyl sites for hydroxylation is 1. The Morgan fingerprint density at radius 3 is 2.67 bits per heavy atom. The number of anilines is 1. The predicted molar refractivity (Wildman–Crippen MR) is 97.5 cm³/mol. The maximum atomic E-state index is 12.0. The van der Waals surface area contributed by atoms with Gasteiger partial charge in [0.05, 0.1) is 10.7 Å². The number of nitrogens with zero attached hydrogens (tertiary/aromatic N) is 1. The summed E-state index contributed by atoms with van der Waals surface area (Å²) >= 11 is 1.55. The molecule has 24 heavy (non-hydrogen) atoms. The van der Waals surface area contributed by atoms with Crippen molar-refractivity contribution in [1.82, 2.24) is 4.98 Å². The number of para-hydroxylation sites is 1. The van der Waals surface area contributed by atoms with Crippen LogP contribution in [0.15, 0.2) is 66.1 Å². The molecule has 1 N–H and O–H groups in total. The fraction of sp³-hybridized carbons (Fsp3) is 0.0526. The van der Waals surface area contributed by atoms with E-state index in [1.165, 1.54) is 6.08 Å². The number of carbonyl (C=O) groups is 1. The molecule has 0 atom stereocenters. The van der Waals surface area contributed by atoms with E-state index in [0.29, 0.717) is 11.4 Å². The smallest absolute Gasteiger partial charge is 0.248 e. The van der Waals surface area contributed by atoms with Crippen LogP contribution in [0.25, 0.3) is 6.08 Å². The summed E-state index contributed by atoms with van der Waals surface area (Å²) < 4.78 is 5.75. The molecular formula is C19H16N2O2S. The maximum Gasteiger partial charge on any atom is 0.248 e. The first kappa shape index (κ1) is 16.0. The van der Waals surface area contributed by atoms with E-state index in [1.807, 2.05) is 60.8 Å². The van der Waals surface area contributed by atoms with Gasteiger partial charge < -0.3 is 10.1 Å². The Morgan fingerprint density at radius 2 is 1.92 bits per heavy atom. The van der Waals surface area contributed by atoms with E-state index in [4.69, 9.17) is 4.74 Å². The summed E-state index contributed by atoms with van der Waals surface area (Å²) in [7, 11) is 0. The fourth-order valence-electron chi connectivity index (χ4n) is 2.06. The molecule has 0 aliphatic heterocycles. The van der Waals surface area contributed by atoms with Crippen LogP contribution in [0.3, 0.4) is 0 Å². The number of thiazole rings is 1. The molecule has 0 bridgehead atoms. The van der Waals surface area contributed by atoms with E-state index in [9.17, 15) is 4.79 Å². The van der Waals surface area contributed by atoms with Gasteiger partial charge in [0.2, 0.25) is 5.91 Å². The highest BCUT2D eigenvalue weighted by Gasteiger charge is 2.02. The molecule has 0 saturated carbocycles. The van der Waals surface area contributed by atoms with Crippen molar-refractivity contribution in [2.45, 2.75) is 6.92 Å². The molecule has 2 aromatic carbocycles. The number of amides is 1. The average molecular weight is 336 g/mol. The van der Waals surface area contributed by atoms with Crippen LogP contribution in [-0.4, -0.2) is 10.9 Å². The number of carbonyl (C=O) groups excluding carboxylic acids is 1. The highest BCUT2D eigenvalue weighted by Crippen LogP contribution is 2.23. The second-order valence-electron chi connectivity index (χ2n) is 5.06. The van der Waals surface area contributed by atoms with Crippen molar-refractivity contribution < 1.29 is 9.53 Å². The average Bonchev–Trinajstić information content (AvgIpc) is 3.00. The van der Waals surface area contributed by atoms with Crippen LogP contribution < -0.4 is 10.1 Å². The molecule has 0 unspecified atom stereocenters. The van der Waals surface area contributed by atoms with Gasteiger partial charge in [-0.3, -0.25) is 4.79 Å². The van der Waals surface area contributed by atoms with E-state index in [-0.39, 0.29) is 5.91 Å². The van der Waals surface area contributed by atoms with E-state index in [2.05, 4.69) is 10.3 Å². The molecule has 0 saturated heterocycles. The Morgan fingerprint density at radius 1 is 1.12 bits per heavy atom. The van der Waals surface area contributed by atoms with Gasteiger partial charge in [-0.05, 0) is 37.3 Å². The molecule has 1 aromatic heterocycles. The summed E-state index contributed by atoms with van der Waals surface area (Å²) in [5, 5.41) is 5.70. The lowest BCUT2D eigenvalue weighted by atomic mass is 10.3. The Kier molecular flexibility index (Phi) is 5.03. The molecule has 3 rings (SSSR count). The van der Waals surface area contributed by atoms with Gasteiger partial charge >= 0.3 is 0 Å². The zero-order valence-corrected chi connectivity index (χ0v) is 13.9. The largest absolute Gasteiger partial charge is 0.457 e. The van der Waals surface area contributed by atoms with Crippen molar-refractivity contribution >= 4 is 29.0 Å². The Bertz CT molecular complexity index is 857. The van der Waals surface area contributed by atoms with Crippen molar-refractivity contribution in [3.05, 3.63) is 76.8 Å². The quantitative estimate of drug-likeness (QED) is 0.675. The van der Waals surface area contributed by atoms with Crippen molar-refractivity contribution in [2.75, 3.05) is 5.32 Å². The van der Waals surface area contributed by atoms with E-state index in [0.717, 1.165) is 16.5 Å². The highest BCUT2D eigenvalue weighted by molar-refractivity contribution is 7.09. The normalized spacial score (nSPS) is 10.7. The number of hydrogen-bond donors (Lipinski definition) is 1. The van der Waals surface area contributed by atoms with Crippen LogP contribution in [0.5, 0.6) is 11.5 Å². The monoisotopic (exact) mass is 336 g/mol. The van der Waals surface area contributed by atoms with Gasteiger partial charge in [0.25, 0.3) is 0 Å². The summed E-state index contributed by atoms with van der Waals surface area (Å²) in [5.41, 5.74) is 1.46. The van der Waals surface area contributed by atoms with Crippen molar-refractivity contribution in [3.63, 3.8) is 0 Å². The minimum Gasteiger partial charge on any atom is -0.457 e. The minimum atomic E-state index is -0.211. The number of rotatable bonds is 5. The van der Waals surface area contributed by atoms with Gasteiger partial charge in [0.15, 0.2) is 0 Å². The summed E-state index contributed by atoms with van der Waals surface area (Å²) in [6, 6.07) is 16.8. The van der Waals surface area contributed by atoms with Crippen LogP contribution in [-0.2, 0) is 4.79 Å². The van der Waals surface area contributed by atoms with Crippen molar-refractivity contribution in [1.29, 1.82) is 0 Å². The number of ether oxygens (including phenoxy) is 1. The third-order valence-electron chi connectivity index (χ3n) is 3.12. The maximum absolute atomic E-state index is 12.0. The number of aromatic nitrogens is 1.